The van der Waals surface area contributed by atoms with E-state index in [1.807, 2.05) is 53.0 Å². The molecule has 0 saturated carbocycles. The number of carbonyl (C=O) groups is 2. The van der Waals surface area contributed by atoms with Crippen molar-refractivity contribution in [2.24, 2.45) is 7.05 Å². The monoisotopic (exact) mass is 610 g/mol. The number of piperidine rings is 1. The van der Waals surface area contributed by atoms with Gasteiger partial charge in [0, 0.05) is 45.6 Å². The van der Waals surface area contributed by atoms with Crippen LogP contribution in [0.4, 0.5) is 23.7 Å². The van der Waals surface area contributed by atoms with Crippen molar-refractivity contribution < 1.29 is 27.5 Å². The van der Waals surface area contributed by atoms with E-state index in [0.717, 1.165) is 35.5 Å². The molecule has 1 saturated heterocycles. The van der Waals surface area contributed by atoms with Crippen LogP contribution in [-0.4, -0.2) is 58.7 Å². The van der Waals surface area contributed by atoms with E-state index in [9.17, 15) is 28.0 Å². The molecule has 0 spiro atoms. The number of alkyl carbamates (subject to hydrolysis) is 1. The van der Waals surface area contributed by atoms with Gasteiger partial charge in [-0.05, 0) is 82.0 Å². The minimum atomic E-state index is -4.55. The summed E-state index contributed by atoms with van der Waals surface area (Å²) in [5, 5.41) is 12.4. The van der Waals surface area contributed by atoms with Gasteiger partial charge in [-0.3, -0.25) is 9.78 Å². The van der Waals surface area contributed by atoms with Crippen LogP contribution in [0.1, 0.15) is 56.7 Å². The van der Waals surface area contributed by atoms with Gasteiger partial charge < -0.3 is 24.4 Å². The van der Waals surface area contributed by atoms with Crippen molar-refractivity contribution in [2.75, 3.05) is 31.1 Å². The van der Waals surface area contributed by atoms with Crippen LogP contribution in [0.2, 0.25) is 0 Å². The van der Waals surface area contributed by atoms with Gasteiger partial charge in [0.05, 0.1) is 33.7 Å². The third-order valence-electron chi connectivity index (χ3n) is 7.80. The van der Waals surface area contributed by atoms with Gasteiger partial charge in [0.25, 0.3) is 0 Å². The molecule has 0 bridgehead atoms. The fraction of sp³-hybridized carbons (Fsp3) is 0.438. The topological polar surface area (TPSA) is 103 Å². The third-order valence-corrected chi connectivity index (χ3v) is 7.80. The normalized spacial score (nSPS) is 14.9. The molecule has 3 heterocycles. The lowest BCUT2D eigenvalue weighted by atomic mass is 9.79. The van der Waals surface area contributed by atoms with Crippen LogP contribution < -0.4 is 10.2 Å². The number of anilines is 1. The molecule has 9 nitrogen and oxygen atoms in total. The number of aryl methyl sites for hydroxylation is 1. The minimum Gasteiger partial charge on any atom is -0.444 e. The standard InChI is InChI=1S/C32H37F3N6O3/c1-30(2,3)44-29(43)37-14-6-16-41(22-42)31(25-8-10-26(38-21-25)28-7-5-15-39(28)4)12-17-40(18-13-31)27-11-9-24(32(33,34)35)19-23(27)20-36/h5,7-11,15,19,21-22H,6,12-14,16-18H2,1-4H3,(H,37,43). The van der Waals surface area contributed by atoms with Gasteiger partial charge in [0.1, 0.15) is 11.7 Å². The Labute approximate surface area is 255 Å². The Morgan fingerprint density at radius 3 is 2.45 bits per heavy atom. The fourth-order valence-corrected chi connectivity index (χ4v) is 5.61. The number of ether oxygens (including phenoxy) is 1. The smallest absolute Gasteiger partial charge is 0.416 e. The van der Waals surface area contributed by atoms with E-state index in [0.29, 0.717) is 51.1 Å². The van der Waals surface area contributed by atoms with Crippen molar-refractivity contribution in [2.45, 2.75) is 57.3 Å². The Morgan fingerprint density at radius 1 is 1.18 bits per heavy atom. The number of amides is 2. The first-order valence-electron chi connectivity index (χ1n) is 14.4. The van der Waals surface area contributed by atoms with E-state index < -0.39 is 29.0 Å². The van der Waals surface area contributed by atoms with Crippen molar-refractivity contribution >= 4 is 18.2 Å². The fourth-order valence-electron chi connectivity index (χ4n) is 5.61. The Bertz CT molecular complexity index is 1500. The maximum atomic E-state index is 13.3. The highest BCUT2D eigenvalue weighted by Gasteiger charge is 2.42. The van der Waals surface area contributed by atoms with Crippen LogP contribution in [0.5, 0.6) is 0 Å². The summed E-state index contributed by atoms with van der Waals surface area (Å²) in [6, 6.07) is 12.9. The molecule has 12 heteroatoms. The average molecular weight is 611 g/mol. The van der Waals surface area contributed by atoms with Crippen LogP contribution >= 0.6 is 0 Å². The number of aromatic nitrogens is 2. The van der Waals surface area contributed by atoms with Crippen LogP contribution in [0.15, 0.2) is 54.9 Å². The van der Waals surface area contributed by atoms with Gasteiger partial charge in [-0.15, -0.1) is 0 Å². The number of halogens is 3. The van der Waals surface area contributed by atoms with Gasteiger partial charge in [0.15, 0.2) is 0 Å². The average Bonchev–Trinajstić information content (AvgIpc) is 3.41. The van der Waals surface area contributed by atoms with Crippen LogP contribution in [0.25, 0.3) is 11.4 Å². The van der Waals surface area contributed by atoms with Crippen molar-refractivity contribution in [3.05, 3.63) is 71.5 Å². The van der Waals surface area contributed by atoms with Gasteiger partial charge in [-0.2, -0.15) is 18.4 Å². The predicted molar refractivity (Wildman–Crippen MR) is 160 cm³/mol. The molecule has 1 aliphatic heterocycles. The zero-order valence-corrected chi connectivity index (χ0v) is 25.3. The van der Waals surface area contributed by atoms with Gasteiger partial charge in [-0.25, -0.2) is 4.79 Å². The summed E-state index contributed by atoms with van der Waals surface area (Å²) in [6.07, 6.45) is 0.768. The zero-order chi connectivity index (χ0) is 32.1. The van der Waals surface area contributed by atoms with E-state index in [1.165, 1.54) is 6.07 Å². The van der Waals surface area contributed by atoms with E-state index >= 15 is 0 Å². The van der Waals surface area contributed by atoms with E-state index in [-0.39, 0.29) is 5.56 Å². The summed E-state index contributed by atoms with van der Waals surface area (Å²) < 4.78 is 47.1. The largest absolute Gasteiger partial charge is 0.444 e. The molecule has 0 radical (unpaired) electrons. The van der Waals surface area contributed by atoms with Crippen LogP contribution in [0, 0.1) is 11.3 Å². The number of carbonyl (C=O) groups excluding carboxylic acids is 2. The molecular weight excluding hydrogens is 573 g/mol. The van der Waals surface area contributed by atoms with Gasteiger partial charge in [0.2, 0.25) is 6.41 Å². The summed E-state index contributed by atoms with van der Waals surface area (Å²) >= 11 is 0. The molecule has 44 heavy (non-hydrogen) atoms. The Balaban J connectivity index is 1.58. The molecule has 1 N–H and O–H groups in total. The Morgan fingerprint density at radius 2 is 1.91 bits per heavy atom. The molecule has 0 atom stereocenters. The highest BCUT2D eigenvalue weighted by Crippen LogP contribution is 2.41. The summed E-state index contributed by atoms with van der Waals surface area (Å²) in [5.74, 6) is 0. The number of alkyl halides is 3. The number of hydrogen-bond donors (Lipinski definition) is 1. The minimum absolute atomic E-state index is 0.0543. The number of benzene rings is 1. The second kappa shape index (κ2) is 13.0. The summed E-state index contributed by atoms with van der Waals surface area (Å²) in [6.45, 7) is 6.74. The zero-order valence-electron chi connectivity index (χ0n) is 25.3. The molecule has 0 aliphatic carbocycles. The molecule has 1 fully saturated rings. The molecule has 1 aliphatic rings. The molecule has 3 aromatic rings. The molecule has 234 valence electrons. The summed E-state index contributed by atoms with van der Waals surface area (Å²) in [4.78, 5) is 33.0. The number of pyridine rings is 1. The van der Waals surface area contributed by atoms with E-state index in [2.05, 4.69) is 5.32 Å². The van der Waals surface area contributed by atoms with Crippen molar-refractivity contribution in [3.8, 4) is 17.5 Å². The number of nitriles is 1. The first-order chi connectivity index (χ1) is 20.8. The molecule has 1 aromatic carbocycles. The van der Waals surface area contributed by atoms with Gasteiger partial charge >= 0.3 is 12.3 Å². The summed E-state index contributed by atoms with van der Waals surface area (Å²) in [5.41, 5.74) is 0.642. The first-order valence-corrected chi connectivity index (χ1v) is 14.4. The Kier molecular flexibility index (Phi) is 9.56. The molecule has 2 amide bonds. The van der Waals surface area contributed by atoms with Crippen molar-refractivity contribution in [1.29, 1.82) is 5.26 Å². The highest BCUT2D eigenvalue weighted by molar-refractivity contribution is 5.67. The lowest BCUT2D eigenvalue weighted by Gasteiger charge is -2.48. The third kappa shape index (κ3) is 7.33. The lowest BCUT2D eigenvalue weighted by molar-refractivity contribution is -0.137. The Hall–Kier alpha value is -4.53. The first kappa shape index (κ1) is 32.4. The number of rotatable bonds is 9. The maximum Gasteiger partial charge on any atom is 0.416 e. The maximum absolute atomic E-state index is 13.3. The number of nitrogens with one attached hydrogen (secondary N) is 1. The van der Waals surface area contributed by atoms with Gasteiger partial charge in [-0.1, -0.05) is 6.07 Å². The van der Waals surface area contributed by atoms with E-state index in [1.54, 1.807) is 31.9 Å². The molecular formula is C32H37F3N6O3. The number of hydrogen-bond acceptors (Lipinski definition) is 6. The van der Waals surface area contributed by atoms with Crippen LogP contribution in [-0.2, 0) is 28.3 Å². The van der Waals surface area contributed by atoms with Crippen molar-refractivity contribution in [3.63, 3.8) is 0 Å². The lowest BCUT2D eigenvalue weighted by Crippen LogP contribution is -2.53. The molecule has 4 rings (SSSR count). The molecule has 2 aromatic heterocycles. The van der Waals surface area contributed by atoms with E-state index in [4.69, 9.17) is 9.72 Å². The second-order valence-electron chi connectivity index (χ2n) is 11.9. The second-order valence-corrected chi connectivity index (χ2v) is 11.9. The SMILES string of the molecule is Cn1cccc1-c1ccc(C2(N(C=O)CCCNC(=O)OC(C)(C)C)CCN(c3ccc(C(F)(F)F)cc3C#N)CC2)cn1. The van der Waals surface area contributed by atoms with Crippen LogP contribution in [0.3, 0.4) is 0 Å². The van der Waals surface area contributed by atoms with Crippen molar-refractivity contribution in [1.82, 2.24) is 19.8 Å². The quantitative estimate of drug-likeness (QED) is 0.241. The molecule has 0 unspecified atom stereocenters. The highest BCUT2D eigenvalue weighted by atomic mass is 19.4. The number of nitrogens with zero attached hydrogens (tertiary/aromatic N) is 5. The predicted octanol–water partition coefficient (Wildman–Crippen LogP) is 5.85. The summed E-state index contributed by atoms with van der Waals surface area (Å²) in [7, 11) is 1.93.